The van der Waals surface area contributed by atoms with Crippen LogP contribution in [0.25, 0.3) is 11.0 Å². The lowest BCUT2D eigenvalue weighted by Gasteiger charge is -2.09. The van der Waals surface area contributed by atoms with Gasteiger partial charge >= 0.3 is 0 Å². The molecule has 0 aliphatic heterocycles. The first-order valence-electron chi connectivity index (χ1n) is 7.47. The number of fused-ring (bicyclic) bond motifs is 1. The Morgan fingerprint density at radius 1 is 1.44 bits per heavy atom. The minimum Gasteiger partial charge on any atom is -0.365 e. The number of nitrogens with two attached hydrogens (primary N) is 1. The maximum Gasteiger partial charge on any atom is 0.288 e. The molecule has 2 heterocycles. The van der Waals surface area contributed by atoms with Gasteiger partial charge in [0.2, 0.25) is 0 Å². The minimum atomic E-state index is -0.792. The van der Waals surface area contributed by atoms with Gasteiger partial charge in [0.05, 0.1) is 28.1 Å². The lowest BCUT2D eigenvalue weighted by Crippen LogP contribution is -2.16. The molecule has 1 aromatic carbocycles. The number of carbonyl (C=O) groups excluding carboxylic acids is 1. The summed E-state index contributed by atoms with van der Waals surface area (Å²) in [6, 6.07) is 6.97. The molecule has 0 aliphatic carbocycles. The third-order valence-electron chi connectivity index (χ3n) is 3.95. The van der Waals surface area contributed by atoms with Crippen LogP contribution in [0.2, 0.25) is 0 Å². The Balaban J connectivity index is 1.92. The standard InChI is InChI=1S/C16H16N6O3/c1-9-4-3-5-12-14(9)21(2)13(20-12)8-19-16-11(15(17)23)6-10(7-18-16)22(24)25/h3-7H,8H2,1-2H3,(H2,17,23)(H,18,19). The summed E-state index contributed by atoms with van der Waals surface area (Å²) in [4.78, 5) is 30.3. The van der Waals surface area contributed by atoms with Crippen LogP contribution in [0, 0.1) is 17.0 Å². The number of nitro groups is 1. The summed E-state index contributed by atoms with van der Waals surface area (Å²) in [5, 5.41) is 13.8. The molecule has 0 spiro atoms. The molecule has 2 aromatic heterocycles. The Hall–Kier alpha value is -3.49. The first kappa shape index (κ1) is 16.4. The smallest absolute Gasteiger partial charge is 0.288 e. The number of aryl methyl sites for hydroxylation is 2. The average molecular weight is 340 g/mol. The molecule has 3 rings (SSSR count). The van der Waals surface area contributed by atoms with Gasteiger partial charge in [0.25, 0.3) is 11.6 Å². The second-order valence-corrected chi connectivity index (χ2v) is 5.59. The first-order chi connectivity index (χ1) is 11.9. The molecule has 0 aliphatic rings. The van der Waals surface area contributed by atoms with E-state index < -0.39 is 10.8 Å². The van der Waals surface area contributed by atoms with Crippen LogP contribution in [0.1, 0.15) is 21.7 Å². The Morgan fingerprint density at radius 3 is 2.84 bits per heavy atom. The van der Waals surface area contributed by atoms with Crippen LogP contribution in [-0.2, 0) is 13.6 Å². The number of pyridine rings is 1. The molecule has 9 nitrogen and oxygen atoms in total. The molecule has 3 aromatic rings. The van der Waals surface area contributed by atoms with E-state index in [2.05, 4.69) is 15.3 Å². The number of nitrogens with one attached hydrogen (secondary N) is 1. The molecule has 0 saturated heterocycles. The molecule has 0 bridgehead atoms. The van der Waals surface area contributed by atoms with E-state index in [0.717, 1.165) is 34.7 Å². The largest absolute Gasteiger partial charge is 0.365 e. The summed E-state index contributed by atoms with van der Waals surface area (Å²) in [5.74, 6) is 0.126. The zero-order valence-electron chi connectivity index (χ0n) is 13.7. The summed E-state index contributed by atoms with van der Waals surface area (Å²) >= 11 is 0. The molecule has 128 valence electrons. The van der Waals surface area contributed by atoms with E-state index in [4.69, 9.17) is 5.73 Å². The molecule has 0 radical (unpaired) electrons. The number of aromatic nitrogens is 3. The maximum atomic E-state index is 11.6. The summed E-state index contributed by atoms with van der Waals surface area (Å²) < 4.78 is 1.95. The SMILES string of the molecule is Cc1cccc2nc(CNc3ncc([N+](=O)[O-])cc3C(N)=O)n(C)c12. The monoisotopic (exact) mass is 340 g/mol. The fourth-order valence-corrected chi connectivity index (χ4v) is 2.72. The van der Waals surface area contributed by atoms with Crippen molar-refractivity contribution in [1.82, 2.24) is 14.5 Å². The predicted molar refractivity (Wildman–Crippen MR) is 92.2 cm³/mol. The molecule has 0 fully saturated rings. The minimum absolute atomic E-state index is 0.0378. The molecule has 0 unspecified atom stereocenters. The van der Waals surface area contributed by atoms with Crippen molar-refractivity contribution in [2.24, 2.45) is 12.8 Å². The number of carbonyl (C=O) groups is 1. The number of hydrogen-bond donors (Lipinski definition) is 2. The molecular formula is C16H16N6O3. The number of primary amides is 1. The molecule has 9 heteroatoms. The van der Waals surface area contributed by atoms with E-state index in [9.17, 15) is 14.9 Å². The van der Waals surface area contributed by atoms with Crippen LogP contribution in [0.15, 0.2) is 30.5 Å². The number of nitrogens with zero attached hydrogens (tertiary/aromatic N) is 4. The highest BCUT2D eigenvalue weighted by molar-refractivity contribution is 5.98. The highest BCUT2D eigenvalue weighted by atomic mass is 16.6. The number of anilines is 1. The number of para-hydroxylation sites is 1. The number of amides is 1. The van der Waals surface area contributed by atoms with Crippen LogP contribution in [0.3, 0.4) is 0 Å². The first-order valence-corrected chi connectivity index (χ1v) is 7.47. The van der Waals surface area contributed by atoms with E-state index >= 15 is 0 Å². The Labute approximate surface area is 142 Å². The van der Waals surface area contributed by atoms with Crippen molar-refractivity contribution in [1.29, 1.82) is 0 Å². The van der Waals surface area contributed by atoms with E-state index in [-0.39, 0.29) is 23.6 Å². The molecule has 0 saturated carbocycles. The Morgan fingerprint density at radius 2 is 2.20 bits per heavy atom. The average Bonchev–Trinajstić information content (AvgIpc) is 2.90. The van der Waals surface area contributed by atoms with Gasteiger partial charge in [0.1, 0.15) is 17.8 Å². The van der Waals surface area contributed by atoms with Crippen molar-refractivity contribution in [3.8, 4) is 0 Å². The number of hydrogen-bond acceptors (Lipinski definition) is 6. The van der Waals surface area contributed by atoms with Gasteiger partial charge in [-0.3, -0.25) is 14.9 Å². The quantitative estimate of drug-likeness (QED) is 0.539. The van der Waals surface area contributed by atoms with E-state index in [1.807, 2.05) is 36.7 Å². The highest BCUT2D eigenvalue weighted by Gasteiger charge is 2.17. The molecular weight excluding hydrogens is 324 g/mol. The summed E-state index contributed by atoms with van der Waals surface area (Å²) in [7, 11) is 1.90. The molecule has 25 heavy (non-hydrogen) atoms. The fraction of sp³-hybridized carbons (Fsp3) is 0.188. The van der Waals surface area contributed by atoms with Gasteiger partial charge in [-0.1, -0.05) is 12.1 Å². The van der Waals surface area contributed by atoms with E-state index in [0.29, 0.717) is 0 Å². The van der Waals surface area contributed by atoms with Crippen LogP contribution in [-0.4, -0.2) is 25.4 Å². The van der Waals surface area contributed by atoms with Gasteiger partial charge < -0.3 is 15.6 Å². The van der Waals surface area contributed by atoms with Crippen molar-refractivity contribution in [2.75, 3.05) is 5.32 Å². The van der Waals surface area contributed by atoms with Crippen LogP contribution in [0.4, 0.5) is 11.5 Å². The van der Waals surface area contributed by atoms with Crippen LogP contribution in [0.5, 0.6) is 0 Å². The summed E-state index contributed by atoms with van der Waals surface area (Å²) in [5.41, 5.74) is 7.96. The summed E-state index contributed by atoms with van der Waals surface area (Å²) in [6.45, 7) is 2.29. The van der Waals surface area contributed by atoms with Crippen molar-refractivity contribution in [3.05, 3.63) is 57.5 Å². The summed E-state index contributed by atoms with van der Waals surface area (Å²) in [6.07, 6.45) is 1.08. The van der Waals surface area contributed by atoms with Crippen LogP contribution < -0.4 is 11.1 Å². The second kappa shape index (κ2) is 6.19. The molecule has 0 atom stereocenters. The Kier molecular flexibility index (Phi) is 4.05. The number of rotatable bonds is 5. The number of imidazole rings is 1. The third-order valence-corrected chi connectivity index (χ3v) is 3.95. The van der Waals surface area contributed by atoms with Gasteiger partial charge in [-0.25, -0.2) is 9.97 Å². The van der Waals surface area contributed by atoms with Crippen LogP contribution >= 0.6 is 0 Å². The predicted octanol–water partition coefficient (Wildman–Crippen LogP) is 1.90. The molecule has 3 N–H and O–H groups in total. The second-order valence-electron chi connectivity index (χ2n) is 5.59. The van der Waals surface area contributed by atoms with Crippen molar-refractivity contribution in [3.63, 3.8) is 0 Å². The van der Waals surface area contributed by atoms with Gasteiger partial charge in [-0.05, 0) is 18.6 Å². The maximum absolute atomic E-state index is 11.6. The van der Waals surface area contributed by atoms with Crippen molar-refractivity contribution < 1.29 is 9.72 Å². The van der Waals surface area contributed by atoms with E-state index in [1.165, 1.54) is 0 Å². The normalized spacial score (nSPS) is 10.8. The lowest BCUT2D eigenvalue weighted by molar-refractivity contribution is -0.385. The third kappa shape index (κ3) is 2.99. The fourth-order valence-electron chi connectivity index (χ4n) is 2.72. The lowest BCUT2D eigenvalue weighted by atomic mass is 10.2. The zero-order valence-corrected chi connectivity index (χ0v) is 13.7. The van der Waals surface area contributed by atoms with Gasteiger partial charge in [0, 0.05) is 13.1 Å². The topological polar surface area (TPSA) is 129 Å². The Bertz CT molecular complexity index is 995. The number of benzene rings is 1. The zero-order chi connectivity index (χ0) is 18.1. The van der Waals surface area contributed by atoms with Crippen molar-refractivity contribution in [2.45, 2.75) is 13.5 Å². The highest BCUT2D eigenvalue weighted by Crippen LogP contribution is 2.21. The molecule has 1 amide bonds. The van der Waals surface area contributed by atoms with Gasteiger partial charge in [-0.2, -0.15) is 0 Å². The van der Waals surface area contributed by atoms with Gasteiger partial charge in [-0.15, -0.1) is 0 Å². The van der Waals surface area contributed by atoms with Crippen molar-refractivity contribution >= 4 is 28.4 Å². The van der Waals surface area contributed by atoms with E-state index in [1.54, 1.807) is 0 Å². The van der Waals surface area contributed by atoms with Gasteiger partial charge in [0.15, 0.2) is 0 Å².